The Morgan fingerprint density at radius 2 is 2.18 bits per heavy atom. The van der Waals surface area contributed by atoms with Gasteiger partial charge in [-0.3, -0.25) is 0 Å². The topological polar surface area (TPSA) is 25.2 Å². The minimum Gasteiger partial charge on any atom is -0.467 e. The van der Waals surface area contributed by atoms with Gasteiger partial charge in [0.2, 0.25) is 0 Å². The highest BCUT2D eigenvalue weighted by Gasteiger charge is 2.08. The van der Waals surface area contributed by atoms with Crippen molar-refractivity contribution in [3.63, 3.8) is 0 Å². The van der Waals surface area contributed by atoms with E-state index >= 15 is 0 Å². The Bertz CT molecular complexity index is 479. The molecule has 0 aliphatic rings. The van der Waals surface area contributed by atoms with Crippen LogP contribution in [0.2, 0.25) is 0 Å². The molecule has 0 aliphatic carbocycles. The number of rotatable bonds is 5. The summed E-state index contributed by atoms with van der Waals surface area (Å²) in [4.78, 5) is 0. The summed E-state index contributed by atoms with van der Waals surface area (Å²) < 4.78 is 6.61. The average molecular weight is 294 g/mol. The molecule has 0 saturated carbocycles. The van der Waals surface area contributed by atoms with Crippen LogP contribution in [0.15, 0.2) is 45.5 Å². The highest BCUT2D eigenvalue weighted by Crippen LogP contribution is 2.27. The van der Waals surface area contributed by atoms with Crippen LogP contribution >= 0.6 is 15.9 Å². The average Bonchev–Trinajstić information content (AvgIpc) is 2.78. The van der Waals surface area contributed by atoms with Crippen molar-refractivity contribution in [3.05, 3.63) is 46.8 Å². The highest BCUT2D eigenvalue weighted by molar-refractivity contribution is 9.10. The van der Waals surface area contributed by atoms with Gasteiger partial charge in [-0.15, -0.1) is 0 Å². The lowest BCUT2D eigenvalue weighted by molar-refractivity contribution is 0.484. The van der Waals surface area contributed by atoms with Crippen molar-refractivity contribution in [2.75, 3.05) is 6.54 Å². The van der Waals surface area contributed by atoms with Gasteiger partial charge in [0.25, 0.3) is 0 Å². The van der Waals surface area contributed by atoms with E-state index in [1.165, 1.54) is 5.56 Å². The van der Waals surface area contributed by atoms with Crippen molar-refractivity contribution in [1.82, 2.24) is 5.32 Å². The maximum atomic E-state index is 5.53. The zero-order valence-corrected chi connectivity index (χ0v) is 11.5. The minimum absolute atomic E-state index is 0.780. The van der Waals surface area contributed by atoms with E-state index in [0.29, 0.717) is 0 Å². The Labute approximate surface area is 110 Å². The van der Waals surface area contributed by atoms with Crippen LogP contribution in [-0.4, -0.2) is 6.54 Å². The van der Waals surface area contributed by atoms with E-state index in [4.69, 9.17) is 4.42 Å². The normalized spacial score (nSPS) is 10.7. The molecule has 90 valence electrons. The fourth-order valence-corrected chi connectivity index (χ4v) is 2.17. The smallest absolute Gasteiger partial charge is 0.125 e. The molecule has 3 heteroatoms. The molecule has 0 fully saturated rings. The molecule has 2 rings (SSSR count). The Balaban J connectivity index is 2.18. The predicted molar refractivity (Wildman–Crippen MR) is 73.8 cm³/mol. The summed E-state index contributed by atoms with van der Waals surface area (Å²) in [7, 11) is 0. The monoisotopic (exact) mass is 293 g/mol. The lowest BCUT2D eigenvalue weighted by Gasteiger charge is -2.04. The molecule has 1 aromatic carbocycles. The second kappa shape index (κ2) is 6.03. The van der Waals surface area contributed by atoms with Crippen LogP contribution in [-0.2, 0) is 6.54 Å². The molecule has 17 heavy (non-hydrogen) atoms. The van der Waals surface area contributed by atoms with Crippen LogP contribution in [0.25, 0.3) is 11.1 Å². The zero-order valence-electron chi connectivity index (χ0n) is 9.87. The fraction of sp³-hybridized carbons (Fsp3) is 0.286. The Morgan fingerprint density at radius 3 is 2.94 bits per heavy atom. The van der Waals surface area contributed by atoms with E-state index in [2.05, 4.69) is 40.3 Å². The molecule has 0 unspecified atom stereocenters. The summed E-state index contributed by atoms with van der Waals surface area (Å²) in [5, 5.41) is 3.36. The number of hydrogen-bond donors (Lipinski definition) is 1. The largest absolute Gasteiger partial charge is 0.467 e. The van der Waals surface area contributed by atoms with Gasteiger partial charge < -0.3 is 9.73 Å². The van der Waals surface area contributed by atoms with Crippen LogP contribution in [0.4, 0.5) is 0 Å². The number of nitrogens with one attached hydrogen (secondary N) is 1. The van der Waals surface area contributed by atoms with Gasteiger partial charge in [-0.2, -0.15) is 0 Å². The summed E-state index contributed by atoms with van der Waals surface area (Å²) in [5.41, 5.74) is 2.34. The molecular formula is C14H16BrNO. The van der Waals surface area contributed by atoms with E-state index in [9.17, 15) is 0 Å². The Kier molecular flexibility index (Phi) is 4.40. The quantitative estimate of drug-likeness (QED) is 0.836. The van der Waals surface area contributed by atoms with E-state index in [1.54, 1.807) is 6.26 Å². The first-order valence-corrected chi connectivity index (χ1v) is 6.63. The van der Waals surface area contributed by atoms with Crippen molar-refractivity contribution >= 4 is 15.9 Å². The van der Waals surface area contributed by atoms with Gasteiger partial charge in [-0.05, 0) is 36.7 Å². The molecule has 0 bridgehead atoms. The third kappa shape index (κ3) is 3.20. The van der Waals surface area contributed by atoms with Crippen LogP contribution in [0.5, 0.6) is 0 Å². The van der Waals surface area contributed by atoms with Gasteiger partial charge in [0.1, 0.15) is 5.76 Å². The maximum Gasteiger partial charge on any atom is 0.125 e. The molecule has 0 atom stereocenters. The van der Waals surface area contributed by atoms with Crippen molar-refractivity contribution < 1.29 is 4.42 Å². The SMILES string of the molecule is CCCNCc1occc1-c1cccc(Br)c1. The Hall–Kier alpha value is -1.06. The molecule has 0 aliphatic heterocycles. The van der Waals surface area contributed by atoms with Crippen molar-refractivity contribution in [2.24, 2.45) is 0 Å². The molecule has 1 N–H and O–H groups in total. The standard InChI is InChI=1S/C14H16BrNO/c1-2-7-16-10-14-13(6-8-17-14)11-4-3-5-12(15)9-11/h3-6,8-9,16H,2,7,10H2,1H3. The van der Waals surface area contributed by atoms with Crippen LogP contribution < -0.4 is 5.32 Å². The van der Waals surface area contributed by atoms with Gasteiger partial charge in [0, 0.05) is 10.0 Å². The maximum absolute atomic E-state index is 5.53. The lowest BCUT2D eigenvalue weighted by atomic mass is 10.1. The van der Waals surface area contributed by atoms with Gasteiger partial charge in [0.05, 0.1) is 12.8 Å². The van der Waals surface area contributed by atoms with Gasteiger partial charge in [-0.1, -0.05) is 35.0 Å². The van der Waals surface area contributed by atoms with Crippen molar-refractivity contribution in [2.45, 2.75) is 19.9 Å². The zero-order chi connectivity index (χ0) is 12.1. The molecule has 0 spiro atoms. The van der Waals surface area contributed by atoms with E-state index in [0.717, 1.165) is 35.3 Å². The summed E-state index contributed by atoms with van der Waals surface area (Å²) >= 11 is 3.49. The molecule has 2 aromatic rings. The van der Waals surface area contributed by atoms with Crippen molar-refractivity contribution in [1.29, 1.82) is 0 Å². The third-order valence-corrected chi connectivity index (χ3v) is 3.09. The van der Waals surface area contributed by atoms with Crippen LogP contribution in [0.3, 0.4) is 0 Å². The van der Waals surface area contributed by atoms with E-state index < -0.39 is 0 Å². The van der Waals surface area contributed by atoms with Crippen molar-refractivity contribution in [3.8, 4) is 11.1 Å². The van der Waals surface area contributed by atoms with Gasteiger partial charge in [-0.25, -0.2) is 0 Å². The fourth-order valence-electron chi connectivity index (χ4n) is 1.77. The minimum atomic E-state index is 0.780. The molecule has 0 radical (unpaired) electrons. The number of benzene rings is 1. The Morgan fingerprint density at radius 1 is 1.29 bits per heavy atom. The van der Waals surface area contributed by atoms with Gasteiger partial charge in [0.15, 0.2) is 0 Å². The van der Waals surface area contributed by atoms with E-state index in [-0.39, 0.29) is 0 Å². The number of furan rings is 1. The first-order valence-electron chi connectivity index (χ1n) is 5.84. The second-order valence-electron chi connectivity index (χ2n) is 3.94. The highest BCUT2D eigenvalue weighted by atomic mass is 79.9. The number of hydrogen-bond acceptors (Lipinski definition) is 2. The molecule has 1 heterocycles. The van der Waals surface area contributed by atoms with Crippen LogP contribution in [0, 0.1) is 0 Å². The first-order chi connectivity index (χ1) is 8.31. The molecular weight excluding hydrogens is 278 g/mol. The van der Waals surface area contributed by atoms with E-state index in [1.807, 2.05) is 18.2 Å². The first kappa shape index (κ1) is 12.4. The van der Waals surface area contributed by atoms with Gasteiger partial charge >= 0.3 is 0 Å². The lowest BCUT2D eigenvalue weighted by Crippen LogP contribution is -2.13. The van der Waals surface area contributed by atoms with Crippen LogP contribution in [0.1, 0.15) is 19.1 Å². The summed E-state index contributed by atoms with van der Waals surface area (Å²) in [5.74, 6) is 0.997. The predicted octanol–water partition coefficient (Wildman–Crippen LogP) is 4.21. The third-order valence-electron chi connectivity index (χ3n) is 2.59. The number of halogens is 1. The summed E-state index contributed by atoms with van der Waals surface area (Å²) in [6.07, 6.45) is 2.88. The molecule has 0 saturated heterocycles. The molecule has 2 nitrogen and oxygen atoms in total. The summed E-state index contributed by atoms with van der Waals surface area (Å²) in [6.45, 7) is 3.95. The summed E-state index contributed by atoms with van der Waals surface area (Å²) in [6, 6.07) is 10.3. The second-order valence-corrected chi connectivity index (χ2v) is 4.86. The molecule has 0 amide bonds. The molecule has 1 aromatic heterocycles.